The Labute approximate surface area is 123 Å². The molecular weight excluding hydrogens is 277 g/mol. The van der Waals surface area contributed by atoms with Crippen molar-refractivity contribution in [3.05, 3.63) is 58.9 Å². The maximum atomic E-state index is 13.0. The average molecular weight is 294 g/mol. The van der Waals surface area contributed by atoms with E-state index in [0.717, 1.165) is 11.4 Å². The molecule has 2 aromatic rings. The molecule has 0 aliphatic heterocycles. The number of halogens is 2. The van der Waals surface area contributed by atoms with Crippen molar-refractivity contribution in [1.29, 1.82) is 0 Å². The molecule has 0 heterocycles. The molecule has 1 atom stereocenters. The van der Waals surface area contributed by atoms with Gasteiger partial charge in [0.2, 0.25) is 0 Å². The molecule has 1 unspecified atom stereocenters. The Kier molecular flexibility index (Phi) is 4.85. The first-order chi connectivity index (χ1) is 9.54. The van der Waals surface area contributed by atoms with Crippen molar-refractivity contribution in [2.75, 3.05) is 11.9 Å². The third kappa shape index (κ3) is 4.14. The summed E-state index contributed by atoms with van der Waals surface area (Å²) in [4.78, 5) is 0. The fraction of sp³-hybridized carbons (Fsp3) is 0.250. The van der Waals surface area contributed by atoms with Crippen molar-refractivity contribution in [3.63, 3.8) is 0 Å². The highest BCUT2D eigenvalue weighted by Crippen LogP contribution is 2.19. The summed E-state index contributed by atoms with van der Waals surface area (Å²) in [5.74, 6) is 0.420. The quantitative estimate of drug-likeness (QED) is 0.865. The summed E-state index contributed by atoms with van der Waals surface area (Å²) in [6.45, 7) is 4.61. The maximum absolute atomic E-state index is 13.0. The molecule has 2 rings (SSSR count). The van der Waals surface area contributed by atoms with Crippen molar-refractivity contribution in [1.82, 2.24) is 0 Å². The van der Waals surface area contributed by atoms with E-state index in [1.807, 2.05) is 38.1 Å². The van der Waals surface area contributed by atoms with Crippen LogP contribution in [0.25, 0.3) is 0 Å². The summed E-state index contributed by atoms with van der Waals surface area (Å²) in [5.41, 5.74) is 1.97. The number of hydrogen-bond acceptors (Lipinski definition) is 2. The smallest absolute Gasteiger partial charge is 0.141 e. The summed E-state index contributed by atoms with van der Waals surface area (Å²) in [5, 5.41) is 3.28. The molecule has 2 aromatic carbocycles. The molecule has 0 saturated carbocycles. The minimum Gasteiger partial charge on any atom is -0.489 e. The van der Waals surface area contributed by atoms with Crippen molar-refractivity contribution >= 4 is 17.3 Å². The van der Waals surface area contributed by atoms with E-state index in [0.29, 0.717) is 6.54 Å². The fourth-order valence-electron chi connectivity index (χ4n) is 1.76. The second-order valence-corrected chi connectivity index (χ2v) is 5.16. The number of hydrogen-bond donors (Lipinski definition) is 1. The van der Waals surface area contributed by atoms with Crippen LogP contribution in [0.3, 0.4) is 0 Å². The Hall–Kier alpha value is -1.74. The Morgan fingerprint density at radius 3 is 2.55 bits per heavy atom. The number of anilines is 1. The van der Waals surface area contributed by atoms with E-state index in [1.54, 1.807) is 12.1 Å². The molecule has 0 spiro atoms. The molecule has 0 bridgehead atoms. The van der Waals surface area contributed by atoms with E-state index in [4.69, 9.17) is 16.3 Å². The van der Waals surface area contributed by atoms with E-state index in [1.165, 1.54) is 11.6 Å². The molecule has 0 fully saturated rings. The van der Waals surface area contributed by atoms with Gasteiger partial charge in [-0.2, -0.15) is 0 Å². The lowest BCUT2D eigenvalue weighted by molar-refractivity contribution is 0.234. The summed E-state index contributed by atoms with van der Waals surface area (Å²) in [6.07, 6.45) is -0.0125. The zero-order valence-electron chi connectivity index (χ0n) is 11.5. The maximum Gasteiger partial charge on any atom is 0.141 e. The summed E-state index contributed by atoms with van der Waals surface area (Å²) < 4.78 is 18.8. The molecule has 0 radical (unpaired) electrons. The van der Waals surface area contributed by atoms with Crippen LogP contribution in [0.2, 0.25) is 5.02 Å². The Morgan fingerprint density at radius 1 is 1.20 bits per heavy atom. The van der Waals surface area contributed by atoms with E-state index < -0.39 is 5.82 Å². The van der Waals surface area contributed by atoms with Gasteiger partial charge in [0.25, 0.3) is 0 Å². The standard InChI is InChI=1S/C16H17ClFNO/c1-11-3-6-14(7-4-11)20-12(2)10-19-13-5-8-16(18)15(17)9-13/h3-9,12,19H,10H2,1-2H3. The number of aryl methyl sites for hydroxylation is 1. The van der Waals surface area contributed by atoms with E-state index >= 15 is 0 Å². The highest BCUT2D eigenvalue weighted by molar-refractivity contribution is 6.31. The second kappa shape index (κ2) is 6.62. The molecule has 0 amide bonds. The van der Waals surface area contributed by atoms with E-state index in [2.05, 4.69) is 5.32 Å². The zero-order valence-corrected chi connectivity index (χ0v) is 12.2. The first-order valence-electron chi connectivity index (χ1n) is 6.47. The lowest BCUT2D eigenvalue weighted by atomic mass is 10.2. The Balaban J connectivity index is 1.86. The van der Waals surface area contributed by atoms with Gasteiger partial charge in [0, 0.05) is 5.69 Å². The molecule has 2 nitrogen and oxygen atoms in total. The van der Waals surface area contributed by atoms with Gasteiger partial charge in [0.05, 0.1) is 11.6 Å². The van der Waals surface area contributed by atoms with Crippen LogP contribution in [-0.2, 0) is 0 Å². The predicted molar refractivity (Wildman–Crippen MR) is 81.2 cm³/mol. The first kappa shape index (κ1) is 14.7. The molecule has 106 valence electrons. The summed E-state index contributed by atoms with van der Waals surface area (Å²) in [7, 11) is 0. The van der Waals surface area contributed by atoms with Crippen LogP contribution in [0.15, 0.2) is 42.5 Å². The van der Waals surface area contributed by atoms with Crippen LogP contribution in [0.4, 0.5) is 10.1 Å². The molecule has 0 saturated heterocycles. The van der Waals surface area contributed by atoms with Crippen LogP contribution < -0.4 is 10.1 Å². The first-order valence-corrected chi connectivity index (χ1v) is 6.84. The van der Waals surface area contributed by atoms with Crippen molar-refractivity contribution in [2.24, 2.45) is 0 Å². The number of ether oxygens (including phenoxy) is 1. The average Bonchev–Trinajstić information content (AvgIpc) is 2.43. The highest BCUT2D eigenvalue weighted by atomic mass is 35.5. The van der Waals surface area contributed by atoms with Crippen molar-refractivity contribution in [3.8, 4) is 5.75 Å². The molecular formula is C16H17ClFNO. The Morgan fingerprint density at radius 2 is 1.90 bits per heavy atom. The highest BCUT2D eigenvalue weighted by Gasteiger charge is 2.05. The number of benzene rings is 2. The SMILES string of the molecule is Cc1ccc(OC(C)CNc2ccc(F)c(Cl)c2)cc1. The second-order valence-electron chi connectivity index (χ2n) is 4.75. The van der Waals surface area contributed by atoms with Crippen molar-refractivity contribution in [2.45, 2.75) is 20.0 Å². The molecule has 0 aromatic heterocycles. The number of rotatable bonds is 5. The fourth-order valence-corrected chi connectivity index (χ4v) is 1.94. The normalized spacial score (nSPS) is 12.0. The largest absolute Gasteiger partial charge is 0.489 e. The zero-order chi connectivity index (χ0) is 14.5. The topological polar surface area (TPSA) is 21.3 Å². The van der Waals surface area contributed by atoms with Crippen molar-refractivity contribution < 1.29 is 9.13 Å². The van der Waals surface area contributed by atoms with Gasteiger partial charge >= 0.3 is 0 Å². The molecule has 1 N–H and O–H groups in total. The molecule has 20 heavy (non-hydrogen) atoms. The van der Waals surface area contributed by atoms with Crippen LogP contribution in [-0.4, -0.2) is 12.6 Å². The predicted octanol–water partition coefficient (Wildman–Crippen LogP) is 4.67. The molecule has 4 heteroatoms. The van der Waals surface area contributed by atoms with Gasteiger partial charge in [-0.15, -0.1) is 0 Å². The van der Waals surface area contributed by atoms with Gasteiger partial charge < -0.3 is 10.1 Å². The van der Waals surface area contributed by atoms with Gasteiger partial charge in [0.1, 0.15) is 17.7 Å². The third-order valence-corrected chi connectivity index (χ3v) is 3.16. The summed E-state index contributed by atoms with van der Waals surface area (Å²) in [6, 6.07) is 12.5. The van der Waals surface area contributed by atoms with Crippen LogP contribution in [0.1, 0.15) is 12.5 Å². The van der Waals surface area contributed by atoms with Gasteiger partial charge in [-0.25, -0.2) is 4.39 Å². The van der Waals surface area contributed by atoms with Gasteiger partial charge in [0.15, 0.2) is 0 Å². The number of nitrogens with one attached hydrogen (secondary N) is 1. The summed E-state index contributed by atoms with van der Waals surface area (Å²) >= 11 is 5.73. The molecule has 0 aliphatic rings. The van der Waals surface area contributed by atoms with Crippen LogP contribution >= 0.6 is 11.6 Å². The van der Waals surface area contributed by atoms with Crippen LogP contribution in [0.5, 0.6) is 5.75 Å². The third-order valence-electron chi connectivity index (χ3n) is 2.87. The Bertz CT molecular complexity index is 571. The lowest BCUT2D eigenvalue weighted by Gasteiger charge is -2.16. The minimum absolute atomic E-state index is 0.0125. The van der Waals surface area contributed by atoms with Gasteiger partial charge in [-0.1, -0.05) is 29.3 Å². The van der Waals surface area contributed by atoms with E-state index in [-0.39, 0.29) is 11.1 Å². The molecule has 0 aliphatic carbocycles. The van der Waals surface area contributed by atoms with Crippen LogP contribution in [0, 0.1) is 12.7 Å². The van der Waals surface area contributed by atoms with Gasteiger partial charge in [-0.3, -0.25) is 0 Å². The monoisotopic (exact) mass is 293 g/mol. The van der Waals surface area contributed by atoms with E-state index in [9.17, 15) is 4.39 Å². The van der Waals surface area contributed by atoms with Gasteiger partial charge in [-0.05, 0) is 44.2 Å². The minimum atomic E-state index is -0.416. The lowest BCUT2D eigenvalue weighted by Crippen LogP contribution is -2.22.